The van der Waals surface area contributed by atoms with E-state index in [0.717, 1.165) is 0 Å². The van der Waals surface area contributed by atoms with Gasteiger partial charge >= 0.3 is 41.5 Å². The molecule has 0 aromatic rings. The molecule has 0 aliphatic carbocycles. The normalized spacial score (nSPS) is 7.54. The number of rotatable bonds is 4. The van der Waals surface area contributed by atoms with Crippen LogP contribution in [0.25, 0.3) is 0 Å². The van der Waals surface area contributed by atoms with Crippen LogP contribution in [0.1, 0.15) is 19.3 Å². The average molecular weight is 200 g/mol. The van der Waals surface area contributed by atoms with Gasteiger partial charge in [0.25, 0.3) is 0 Å². The van der Waals surface area contributed by atoms with Crippen LogP contribution >= 0.6 is 0 Å². The molecule has 0 amide bonds. The summed E-state index contributed by atoms with van der Waals surface area (Å²) in [4.78, 5) is 21.0. The van der Waals surface area contributed by atoms with Crippen LogP contribution in [0, 0.1) is 0 Å². The van der Waals surface area contributed by atoms with Gasteiger partial charge in [0.1, 0.15) is 0 Å². The Morgan fingerprint density at radius 3 is 1.54 bits per heavy atom. The summed E-state index contributed by atoms with van der Waals surface area (Å²) in [5.74, 6) is -0.595. The summed E-state index contributed by atoms with van der Waals surface area (Å²) in [7, 11) is 2.64. The van der Waals surface area contributed by atoms with E-state index in [2.05, 4.69) is 9.47 Å². The van der Waals surface area contributed by atoms with E-state index in [1.807, 2.05) is 0 Å². The topological polar surface area (TPSA) is 82.6 Å². The van der Waals surface area contributed by atoms with Gasteiger partial charge < -0.3 is 14.9 Å². The number of hydrogen-bond donors (Lipinski definition) is 0. The summed E-state index contributed by atoms with van der Waals surface area (Å²) < 4.78 is 8.75. The fourth-order valence-corrected chi connectivity index (χ4v) is 0.581. The Morgan fingerprint density at radius 1 is 1.00 bits per heavy atom. The molecule has 6 heteroatoms. The number of hydrogen-bond acceptors (Lipinski definition) is 5. The molecule has 0 aliphatic heterocycles. The molecular formula is C7H13NaO5. The quantitative estimate of drug-likeness (QED) is 0.365. The van der Waals surface area contributed by atoms with Gasteiger partial charge in [-0.3, -0.25) is 9.59 Å². The molecule has 5 nitrogen and oxygen atoms in total. The molecule has 0 unspecified atom stereocenters. The van der Waals surface area contributed by atoms with Crippen LogP contribution in [0.3, 0.4) is 0 Å². The van der Waals surface area contributed by atoms with Gasteiger partial charge in [0.2, 0.25) is 0 Å². The Morgan fingerprint density at radius 2 is 1.31 bits per heavy atom. The zero-order valence-corrected chi connectivity index (χ0v) is 10.2. The summed E-state index contributed by atoms with van der Waals surface area (Å²) in [5, 5.41) is 0. The molecule has 0 spiro atoms. The minimum Gasteiger partial charge on any atom is -0.870 e. The maximum atomic E-state index is 10.5. The van der Waals surface area contributed by atoms with E-state index in [4.69, 9.17) is 0 Å². The summed E-state index contributed by atoms with van der Waals surface area (Å²) in [6, 6.07) is 0. The molecular weight excluding hydrogens is 187 g/mol. The monoisotopic (exact) mass is 200 g/mol. The number of carbonyl (C=O) groups is 2. The first-order valence-electron chi connectivity index (χ1n) is 3.34. The van der Waals surface area contributed by atoms with Gasteiger partial charge in [0.05, 0.1) is 14.2 Å². The Labute approximate surface area is 99.4 Å². The summed E-state index contributed by atoms with van der Waals surface area (Å²) in [6.07, 6.45) is 1.02. The molecule has 0 fully saturated rings. The number of carbonyl (C=O) groups excluding carboxylic acids is 2. The van der Waals surface area contributed by atoms with E-state index in [1.165, 1.54) is 14.2 Å². The molecule has 13 heavy (non-hydrogen) atoms. The Hall–Kier alpha value is -0.100. The molecule has 0 radical (unpaired) electrons. The summed E-state index contributed by atoms with van der Waals surface area (Å²) >= 11 is 0. The van der Waals surface area contributed by atoms with Crippen molar-refractivity contribution in [3.8, 4) is 0 Å². The van der Waals surface area contributed by atoms with Crippen LogP contribution in [0.4, 0.5) is 0 Å². The molecule has 0 bridgehead atoms. The van der Waals surface area contributed by atoms with Crippen LogP contribution in [0.2, 0.25) is 0 Å². The van der Waals surface area contributed by atoms with Crippen LogP contribution in [-0.2, 0) is 19.1 Å². The van der Waals surface area contributed by atoms with E-state index >= 15 is 0 Å². The van der Waals surface area contributed by atoms with Crippen molar-refractivity contribution >= 4 is 11.9 Å². The van der Waals surface area contributed by atoms with Gasteiger partial charge in [-0.15, -0.1) is 0 Å². The fraction of sp³-hybridized carbons (Fsp3) is 0.714. The molecule has 0 aliphatic rings. The van der Waals surface area contributed by atoms with Crippen molar-refractivity contribution in [2.75, 3.05) is 14.2 Å². The van der Waals surface area contributed by atoms with Crippen LogP contribution in [-0.4, -0.2) is 31.6 Å². The Kier molecular flexibility index (Phi) is 17.1. The first-order chi connectivity index (χ1) is 5.20. The van der Waals surface area contributed by atoms with Crippen molar-refractivity contribution < 1.29 is 54.1 Å². The smallest absolute Gasteiger partial charge is 0.870 e. The van der Waals surface area contributed by atoms with Crippen molar-refractivity contribution in [3.63, 3.8) is 0 Å². The molecule has 72 valence electrons. The van der Waals surface area contributed by atoms with Crippen LogP contribution in [0.5, 0.6) is 0 Å². The average Bonchev–Trinajstić information content (AvgIpc) is 2.04. The number of ether oxygens (including phenoxy) is 2. The van der Waals surface area contributed by atoms with Crippen molar-refractivity contribution in [3.05, 3.63) is 0 Å². The second-order valence-electron chi connectivity index (χ2n) is 2.01. The van der Waals surface area contributed by atoms with Gasteiger partial charge in [-0.1, -0.05) is 0 Å². The minimum absolute atomic E-state index is 0. The first-order valence-corrected chi connectivity index (χ1v) is 3.34. The van der Waals surface area contributed by atoms with Gasteiger partial charge in [0, 0.05) is 12.8 Å². The molecule has 1 N–H and O–H groups in total. The Bertz CT molecular complexity index is 132. The Balaban J connectivity index is -0.000000500. The van der Waals surface area contributed by atoms with E-state index in [9.17, 15) is 9.59 Å². The summed E-state index contributed by atoms with van der Waals surface area (Å²) in [6.45, 7) is 0. The molecule has 0 aromatic heterocycles. The van der Waals surface area contributed by atoms with Crippen molar-refractivity contribution in [1.29, 1.82) is 0 Å². The van der Waals surface area contributed by atoms with Gasteiger partial charge in [-0.05, 0) is 6.42 Å². The second kappa shape index (κ2) is 11.9. The minimum atomic E-state index is -0.297. The standard InChI is InChI=1S/C7H12O4.Na.H2O/c1-10-6(8)4-3-5-7(9)11-2;;/h3-5H2,1-2H3;;1H2/q;+1;/p-1. The first kappa shape index (κ1) is 18.6. The third-order valence-electron chi connectivity index (χ3n) is 1.22. The third-order valence-corrected chi connectivity index (χ3v) is 1.22. The largest absolute Gasteiger partial charge is 1.00 e. The van der Waals surface area contributed by atoms with Crippen molar-refractivity contribution in [2.24, 2.45) is 0 Å². The predicted octanol–water partition coefficient (Wildman–Crippen LogP) is -2.67. The maximum absolute atomic E-state index is 10.5. The van der Waals surface area contributed by atoms with Crippen molar-refractivity contribution in [1.82, 2.24) is 0 Å². The van der Waals surface area contributed by atoms with Crippen LogP contribution in [0.15, 0.2) is 0 Å². The fourth-order valence-electron chi connectivity index (χ4n) is 0.581. The maximum Gasteiger partial charge on any atom is 1.00 e. The van der Waals surface area contributed by atoms with E-state index < -0.39 is 0 Å². The second-order valence-corrected chi connectivity index (χ2v) is 2.01. The number of methoxy groups -OCH3 is 2. The molecule has 0 saturated heterocycles. The third kappa shape index (κ3) is 11.9. The molecule has 0 rings (SSSR count). The molecule has 0 saturated carbocycles. The predicted molar refractivity (Wildman–Crippen MR) is 39.8 cm³/mol. The van der Waals surface area contributed by atoms with Crippen molar-refractivity contribution in [2.45, 2.75) is 19.3 Å². The molecule has 0 heterocycles. The van der Waals surface area contributed by atoms with Gasteiger partial charge in [0.15, 0.2) is 0 Å². The SMILES string of the molecule is COC(=O)CCCC(=O)OC.[Na+].[OH-]. The summed E-state index contributed by atoms with van der Waals surface area (Å²) in [5.41, 5.74) is 0. The zero-order valence-electron chi connectivity index (χ0n) is 8.20. The van der Waals surface area contributed by atoms with Gasteiger partial charge in [-0.2, -0.15) is 0 Å². The molecule has 0 atom stereocenters. The van der Waals surface area contributed by atoms with Crippen LogP contribution < -0.4 is 29.6 Å². The molecule has 0 aromatic carbocycles. The number of esters is 2. The van der Waals surface area contributed by atoms with E-state index in [1.54, 1.807) is 0 Å². The van der Waals surface area contributed by atoms with E-state index in [-0.39, 0.29) is 59.8 Å². The van der Waals surface area contributed by atoms with Gasteiger partial charge in [-0.25, -0.2) is 0 Å². The van der Waals surface area contributed by atoms with E-state index in [0.29, 0.717) is 6.42 Å². The zero-order chi connectivity index (χ0) is 8.69.